The molecule has 6 nitrogen and oxygen atoms in total. The van der Waals surface area contributed by atoms with Crippen LogP contribution in [0.4, 0.5) is 20.3 Å². The van der Waals surface area contributed by atoms with Crippen LogP contribution in [0, 0.1) is 11.6 Å². The third-order valence-corrected chi connectivity index (χ3v) is 3.90. The number of benzene rings is 1. The highest BCUT2D eigenvalue weighted by Crippen LogP contribution is 2.36. The van der Waals surface area contributed by atoms with E-state index < -0.39 is 29.0 Å². The van der Waals surface area contributed by atoms with E-state index in [1.807, 2.05) is 0 Å². The molecule has 0 aliphatic carbocycles. The number of hydrogen-bond acceptors (Lipinski definition) is 4. The lowest BCUT2D eigenvalue weighted by Crippen LogP contribution is -2.60. The average Bonchev–Trinajstić information content (AvgIpc) is 2.59. The number of halogens is 2. The zero-order valence-corrected chi connectivity index (χ0v) is 13.5. The summed E-state index contributed by atoms with van der Waals surface area (Å²) in [4.78, 5) is 30.9. The average molecular weight is 347 g/mol. The van der Waals surface area contributed by atoms with Crippen LogP contribution in [0.15, 0.2) is 36.5 Å². The molecule has 1 aliphatic heterocycles. The van der Waals surface area contributed by atoms with Gasteiger partial charge in [0.15, 0.2) is 23.2 Å². The third-order valence-electron chi connectivity index (χ3n) is 3.90. The Morgan fingerprint density at radius 1 is 1.32 bits per heavy atom. The summed E-state index contributed by atoms with van der Waals surface area (Å²) in [5.74, 6) is -2.92. The second kappa shape index (κ2) is 6.12. The molecule has 2 heterocycles. The number of aromatic nitrogens is 1. The molecule has 3 rings (SSSR count). The van der Waals surface area contributed by atoms with Gasteiger partial charge in [-0.05, 0) is 38.1 Å². The molecule has 1 aromatic carbocycles. The van der Waals surface area contributed by atoms with E-state index in [4.69, 9.17) is 4.74 Å². The summed E-state index contributed by atoms with van der Waals surface area (Å²) >= 11 is 0. The number of ether oxygens (including phenoxy) is 1. The van der Waals surface area contributed by atoms with Crippen molar-refractivity contribution in [2.75, 3.05) is 16.8 Å². The third kappa shape index (κ3) is 2.79. The second-order valence-electron chi connectivity index (χ2n) is 5.59. The zero-order chi connectivity index (χ0) is 18.2. The first-order valence-electron chi connectivity index (χ1n) is 7.59. The normalized spacial score (nSPS) is 19.2. The molecule has 2 aromatic rings. The van der Waals surface area contributed by atoms with Gasteiger partial charge in [-0.25, -0.2) is 13.8 Å². The molecule has 0 bridgehead atoms. The number of anilines is 2. The molecule has 1 unspecified atom stereocenters. The van der Waals surface area contributed by atoms with E-state index >= 15 is 0 Å². The minimum atomic E-state index is -1.86. The molecule has 8 heteroatoms. The lowest BCUT2D eigenvalue weighted by molar-refractivity contribution is -0.145. The fraction of sp³-hybridized carbons (Fsp3) is 0.235. The van der Waals surface area contributed by atoms with Crippen molar-refractivity contribution >= 4 is 23.3 Å². The van der Waals surface area contributed by atoms with Gasteiger partial charge in [-0.15, -0.1) is 0 Å². The summed E-state index contributed by atoms with van der Waals surface area (Å²) in [6, 6.07) is 6.13. The van der Waals surface area contributed by atoms with Crippen LogP contribution < -0.4 is 15.0 Å². The van der Waals surface area contributed by atoms with Crippen LogP contribution in [0.5, 0.6) is 5.75 Å². The van der Waals surface area contributed by atoms with E-state index in [2.05, 4.69) is 10.3 Å². The number of nitrogens with one attached hydrogen (secondary N) is 1. The number of carbonyl (C=O) groups is 2. The Bertz CT molecular complexity index is 859. The summed E-state index contributed by atoms with van der Waals surface area (Å²) in [5, 5.41) is 2.39. The summed E-state index contributed by atoms with van der Waals surface area (Å²) in [6.07, 6.45) is 1.52. The molecular weight excluding hydrogens is 332 g/mol. The lowest BCUT2D eigenvalue weighted by atomic mass is 10.0. The predicted octanol–water partition coefficient (Wildman–Crippen LogP) is 2.50. The molecule has 130 valence electrons. The molecule has 0 spiro atoms. The zero-order valence-electron chi connectivity index (χ0n) is 13.5. The van der Waals surface area contributed by atoms with Gasteiger partial charge in [0.2, 0.25) is 0 Å². The van der Waals surface area contributed by atoms with Gasteiger partial charge < -0.3 is 10.1 Å². The molecule has 0 saturated heterocycles. The smallest absolute Gasteiger partial charge is 0.282 e. The SMILES string of the molecule is CCN1C(=O)C(C)(C(=O)Nc2ccc(F)c(F)c2)Oc2cccnc21. The number of pyridine rings is 1. The van der Waals surface area contributed by atoms with Gasteiger partial charge in [0, 0.05) is 24.5 Å². The van der Waals surface area contributed by atoms with Crippen LogP contribution in [-0.2, 0) is 9.59 Å². The summed E-state index contributed by atoms with van der Waals surface area (Å²) in [7, 11) is 0. The molecule has 2 amide bonds. The Hall–Kier alpha value is -3.03. The molecule has 25 heavy (non-hydrogen) atoms. The monoisotopic (exact) mass is 347 g/mol. The lowest BCUT2D eigenvalue weighted by Gasteiger charge is -2.38. The van der Waals surface area contributed by atoms with Crippen molar-refractivity contribution in [2.45, 2.75) is 19.4 Å². The van der Waals surface area contributed by atoms with Gasteiger partial charge in [0.25, 0.3) is 17.4 Å². The molecule has 1 N–H and O–H groups in total. The molecular formula is C17H15F2N3O3. The van der Waals surface area contributed by atoms with Crippen LogP contribution in [0.3, 0.4) is 0 Å². The van der Waals surface area contributed by atoms with Gasteiger partial charge in [0.1, 0.15) is 0 Å². The van der Waals surface area contributed by atoms with Gasteiger partial charge in [0.05, 0.1) is 0 Å². The first kappa shape index (κ1) is 16.8. The minimum absolute atomic E-state index is 0.0153. The van der Waals surface area contributed by atoms with E-state index in [9.17, 15) is 18.4 Å². The Balaban J connectivity index is 1.93. The standard InChI is InChI=1S/C17H15F2N3O3/c1-3-22-14-13(5-4-8-20-14)25-17(2,16(22)24)15(23)21-10-6-7-11(18)12(19)9-10/h4-9H,3H2,1-2H3,(H,21,23). The van der Waals surface area contributed by atoms with Crippen molar-refractivity contribution in [3.05, 3.63) is 48.2 Å². The van der Waals surface area contributed by atoms with Crippen LogP contribution >= 0.6 is 0 Å². The Morgan fingerprint density at radius 3 is 2.76 bits per heavy atom. The second-order valence-corrected chi connectivity index (χ2v) is 5.59. The highest BCUT2D eigenvalue weighted by molar-refractivity contribution is 6.19. The Morgan fingerprint density at radius 2 is 2.08 bits per heavy atom. The first-order valence-corrected chi connectivity index (χ1v) is 7.59. The molecule has 1 atom stereocenters. The van der Waals surface area contributed by atoms with Crippen molar-refractivity contribution in [1.82, 2.24) is 4.98 Å². The van der Waals surface area contributed by atoms with Crippen LogP contribution in [0.1, 0.15) is 13.8 Å². The first-order chi connectivity index (χ1) is 11.9. The van der Waals surface area contributed by atoms with Crippen LogP contribution in [0.25, 0.3) is 0 Å². The van der Waals surface area contributed by atoms with Crippen molar-refractivity contribution in [1.29, 1.82) is 0 Å². The number of amides is 2. The number of rotatable bonds is 3. The molecule has 0 saturated carbocycles. The Kier molecular flexibility index (Phi) is 4.12. The number of carbonyl (C=O) groups excluding carboxylic acids is 2. The number of likely N-dealkylation sites (N-methyl/N-ethyl adjacent to an activating group) is 1. The van der Waals surface area contributed by atoms with E-state index in [0.717, 1.165) is 12.1 Å². The quantitative estimate of drug-likeness (QED) is 0.866. The Labute approximate surface area is 142 Å². The number of fused-ring (bicyclic) bond motifs is 1. The molecule has 0 radical (unpaired) electrons. The van der Waals surface area contributed by atoms with Crippen LogP contribution in [-0.4, -0.2) is 28.9 Å². The highest BCUT2D eigenvalue weighted by Gasteiger charge is 2.50. The maximum absolute atomic E-state index is 13.3. The van der Waals surface area contributed by atoms with Crippen molar-refractivity contribution in [3.8, 4) is 5.75 Å². The van der Waals surface area contributed by atoms with Gasteiger partial charge in [-0.2, -0.15) is 0 Å². The van der Waals surface area contributed by atoms with E-state index in [0.29, 0.717) is 12.4 Å². The van der Waals surface area contributed by atoms with Gasteiger partial charge >= 0.3 is 0 Å². The van der Waals surface area contributed by atoms with E-state index in [1.165, 1.54) is 24.1 Å². The van der Waals surface area contributed by atoms with Crippen molar-refractivity contribution < 1.29 is 23.1 Å². The van der Waals surface area contributed by atoms with Crippen LogP contribution in [0.2, 0.25) is 0 Å². The predicted molar refractivity (Wildman–Crippen MR) is 86.3 cm³/mol. The van der Waals surface area contributed by atoms with Gasteiger partial charge in [-0.1, -0.05) is 0 Å². The highest BCUT2D eigenvalue weighted by atomic mass is 19.2. The maximum Gasteiger partial charge on any atom is 0.282 e. The van der Waals surface area contributed by atoms with Crippen molar-refractivity contribution in [2.24, 2.45) is 0 Å². The van der Waals surface area contributed by atoms with E-state index in [1.54, 1.807) is 19.1 Å². The molecule has 0 fully saturated rings. The summed E-state index contributed by atoms with van der Waals surface area (Å²) < 4.78 is 31.9. The fourth-order valence-electron chi connectivity index (χ4n) is 2.54. The van der Waals surface area contributed by atoms with Crippen molar-refractivity contribution in [3.63, 3.8) is 0 Å². The van der Waals surface area contributed by atoms with Gasteiger partial charge in [-0.3, -0.25) is 14.5 Å². The molecule has 1 aliphatic rings. The largest absolute Gasteiger partial charge is 0.464 e. The maximum atomic E-state index is 13.3. The number of hydrogen-bond donors (Lipinski definition) is 1. The summed E-state index contributed by atoms with van der Waals surface area (Å²) in [6.45, 7) is 3.36. The van der Waals surface area contributed by atoms with E-state index in [-0.39, 0.29) is 11.4 Å². The topological polar surface area (TPSA) is 71.5 Å². The molecule has 1 aromatic heterocycles. The number of nitrogens with zero attached hydrogens (tertiary/aromatic N) is 2. The minimum Gasteiger partial charge on any atom is -0.464 e. The summed E-state index contributed by atoms with van der Waals surface area (Å²) in [5.41, 5.74) is -1.85. The fourth-order valence-corrected chi connectivity index (χ4v) is 2.54.